The van der Waals surface area contributed by atoms with E-state index >= 15 is 0 Å². The number of fused-ring (bicyclic) bond motifs is 1. The van der Waals surface area contributed by atoms with E-state index in [1.807, 2.05) is 4.90 Å². The van der Waals surface area contributed by atoms with Gasteiger partial charge in [0.05, 0.1) is 5.92 Å². The van der Waals surface area contributed by atoms with E-state index in [0.717, 1.165) is 56.7 Å². The van der Waals surface area contributed by atoms with E-state index in [1.54, 1.807) is 12.1 Å². The minimum atomic E-state index is -0.308. The zero-order valence-electron chi connectivity index (χ0n) is 17.6. The summed E-state index contributed by atoms with van der Waals surface area (Å²) in [7, 11) is 0. The van der Waals surface area contributed by atoms with Gasteiger partial charge in [0.1, 0.15) is 29.0 Å². The first-order valence-corrected chi connectivity index (χ1v) is 11.0. The average molecular weight is 423 g/mol. The predicted octanol–water partition coefficient (Wildman–Crippen LogP) is 3.90. The molecule has 8 heteroatoms. The molecule has 0 spiro atoms. The van der Waals surface area contributed by atoms with Crippen molar-refractivity contribution in [2.45, 2.75) is 32.6 Å². The number of nitrogens with zero attached hydrogens (tertiary/aromatic N) is 5. The topological polar surface area (TPSA) is 75.4 Å². The Balaban J connectivity index is 1.43. The van der Waals surface area contributed by atoms with E-state index in [1.165, 1.54) is 18.5 Å². The van der Waals surface area contributed by atoms with Crippen LogP contribution in [0.2, 0.25) is 0 Å². The summed E-state index contributed by atoms with van der Waals surface area (Å²) >= 11 is 0. The first-order valence-electron chi connectivity index (χ1n) is 11.0. The highest BCUT2D eigenvalue weighted by Crippen LogP contribution is 2.35. The highest BCUT2D eigenvalue weighted by atomic mass is 19.1. The minimum absolute atomic E-state index is 0.0405. The largest absolute Gasteiger partial charge is 0.355 e. The zero-order chi connectivity index (χ0) is 21.4. The second kappa shape index (κ2) is 8.24. The quantitative estimate of drug-likeness (QED) is 0.636. The second-order valence-electron chi connectivity index (χ2n) is 8.71. The average Bonchev–Trinajstić information content (AvgIpc) is 3.24. The molecule has 0 N–H and O–H groups in total. The molecule has 0 bridgehead atoms. The summed E-state index contributed by atoms with van der Waals surface area (Å²) in [6.07, 6.45) is 5.44. The number of likely N-dealkylation sites (tertiary alicyclic amines) is 1. The molecule has 7 nitrogen and oxygen atoms in total. The van der Waals surface area contributed by atoms with Crippen LogP contribution in [-0.2, 0) is 4.79 Å². The summed E-state index contributed by atoms with van der Waals surface area (Å²) in [6, 6.07) is 6.13. The lowest BCUT2D eigenvalue weighted by Gasteiger charge is -2.37. The number of anilines is 1. The number of hydrogen-bond acceptors (Lipinski definition) is 6. The molecule has 0 radical (unpaired) electrons. The van der Waals surface area contributed by atoms with Gasteiger partial charge in [0.2, 0.25) is 5.91 Å². The van der Waals surface area contributed by atoms with Crippen LogP contribution in [0, 0.1) is 17.7 Å². The van der Waals surface area contributed by atoms with Gasteiger partial charge in [0.25, 0.3) is 5.71 Å². The van der Waals surface area contributed by atoms with Crippen LogP contribution in [0.5, 0.6) is 0 Å². The molecule has 1 aromatic carbocycles. The Bertz CT molecular complexity index is 1080. The highest BCUT2D eigenvalue weighted by Gasteiger charge is 2.32. The van der Waals surface area contributed by atoms with E-state index in [-0.39, 0.29) is 17.6 Å². The fourth-order valence-electron chi connectivity index (χ4n) is 4.67. The number of amides is 1. The van der Waals surface area contributed by atoms with Crippen LogP contribution in [0.1, 0.15) is 32.6 Å². The lowest BCUT2D eigenvalue weighted by Crippen LogP contribution is -2.47. The number of carbonyl (C=O) groups is 1. The van der Waals surface area contributed by atoms with Crippen LogP contribution < -0.4 is 4.90 Å². The third-order valence-corrected chi connectivity index (χ3v) is 6.54. The van der Waals surface area contributed by atoms with E-state index in [2.05, 4.69) is 26.9 Å². The number of benzene rings is 1. The third-order valence-electron chi connectivity index (χ3n) is 6.54. The molecule has 31 heavy (non-hydrogen) atoms. The van der Waals surface area contributed by atoms with Gasteiger partial charge < -0.3 is 14.3 Å². The van der Waals surface area contributed by atoms with E-state index in [0.29, 0.717) is 29.3 Å². The van der Waals surface area contributed by atoms with Crippen molar-refractivity contribution in [2.24, 2.45) is 11.8 Å². The smallest absolute Gasteiger partial charge is 0.263 e. The van der Waals surface area contributed by atoms with Crippen molar-refractivity contribution < 1.29 is 13.7 Å². The molecular weight excluding hydrogens is 397 g/mol. The molecule has 2 saturated heterocycles. The van der Waals surface area contributed by atoms with Crippen LogP contribution >= 0.6 is 0 Å². The molecule has 4 heterocycles. The summed E-state index contributed by atoms with van der Waals surface area (Å²) in [5.74, 6) is 1.32. The predicted molar refractivity (Wildman–Crippen MR) is 115 cm³/mol. The van der Waals surface area contributed by atoms with Crippen molar-refractivity contribution >= 4 is 22.8 Å². The Labute approximate surface area is 180 Å². The molecule has 0 unspecified atom stereocenters. The van der Waals surface area contributed by atoms with Gasteiger partial charge in [-0.2, -0.15) is 4.98 Å². The van der Waals surface area contributed by atoms with E-state index < -0.39 is 0 Å². The molecule has 2 aliphatic heterocycles. The number of hydrogen-bond donors (Lipinski definition) is 0. The summed E-state index contributed by atoms with van der Waals surface area (Å²) in [4.78, 5) is 26.1. The van der Waals surface area contributed by atoms with Crippen molar-refractivity contribution in [3.63, 3.8) is 0 Å². The fourth-order valence-corrected chi connectivity index (χ4v) is 4.67. The first-order chi connectivity index (χ1) is 15.1. The molecule has 2 aliphatic rings. The molecular formula is C23H26FN5O2. The molecule has 2 aromatic heterocycles. The maximum Gasteiger partial charge on any atom is 0.263 e. The number of rotatable bonds is 3. The van der Waals surface area contributed by atoms with Crippen molar-refractivity contribution in [2.75, 3.05) is 31.1 Å². The molecule has 0 aliphatic carbocycles. The molecule has 0 saturated carbocycles. The maximum absolute atomic E-state index is 13.4. The SMILES string of the molecule is CC1CCN(C(=O)[C@H]2CCCN(c3ncnc4onc(-c5ccc(F)cc5)c34)C2)CC1. The van der Waals surface area contributed by atoms with Gasteiger partial charge >= 0.3 is 0 Å². The molecule has 1 amide bonds. The monoisotopic (exact) mass is 423 g/mol. The van der Waals surface area contributed by atoms with Crippen molar-refractivity contribution in [3.8, 4) is 11.3 Å². The number of aromatic nitrogens is 3. The molecule has 2 fully saturated rings. The van der Waals surface area contributed by atoms with Gasteiger partial charge in [-0.15, -0.1) is 0 Å². The third kappa shape index (κ3) is 3.86. The lowest BCUT2D eigenvalue weighted by atomic mass is 9.93. The van der Waals surface area contributed by atoms with Crippen LogP contribution in [-0.4, -0.2) is 52.1 Å². The Kier molecular flexibility index (Phi) is 5.29. The van der Waals surface area contributed by atoms with Gasteiger partial charge in [0.15, 0.2) is 0 Å². The lowest BCUT2D eigenvalue weighted by molar-refractivity contribution is -0.137. The van der Waals surface area contributed by atoms with Gasteiger partial charge in [0, 0.05) is 31.7 Å². The molecule has 5 rings (SSSR count). The Morgan fingerprint density at radius 2 is 1.87 bits per heavy atom. The van der Waals surface area contributed by atoms with Crippen molar-refractivity contribution in [3.05, 3.63) is 36.4 Å². The first kappa shape index (κ1) is 19.9. The number of halogens is 1. The van der Waals surface area contributed by atoms with Crippen LogP contribution in [0.25, 0.3) is 22.4 Å². The highest BCUT2D eigenvalue weighted by molar-refractivity contribution is 5.98. The summed E-state index contributed by atoms with van der Waals surface area (Å²) in [6.45, 7) is 5.39. The van der Waals surface area contributed by atoms with Gasteiger partial charge in [-0.05, 0) is 55.9 Å². The maximum atomic E-state index is 13.4. The fraction of sp³-hybridized carbons (Fsp3) is 0.478. The van der Waals surface area contributed by atoms with Crippen molar-refractivity contribution in [1.82, 2.24) is 20.0 Å². The Hall–Kier alpha value is -3.03. The van der Waals surface area contributed by atoms with Crippen molar-refractivity contribution in [1.29, 1.82) is 0 Å². The normalized spacial score (nSPS) is 20.4. The summed E-state index contributed by atoms with van der Waals surface area (Å²) in [5.41, 5.74) is 1.72. The number of piperidine rings is 2. The van der Waals surface area contributed by atoms with Crippen LogP contribution in [0.4, 0.5) is 10.2 Å². The second-order valence-corrected chi connectivity index (χ2v) is 8.71. The molecule has 162 valence electrons. The summed E-state index contributed by atoms with van der Waals surface area (Å²) < 4.78 is 18.8. The van der Waals surface area contributed by atoms with Crippen LogP contribution in [0.15, 0.2) is 35.1 Å². The van der Waals surface area contributed by atoms with E-state index in [9.17, 15) is 9.18 Å². The molecule has 3 aromatic rings. The Morgan fingerprint density at radius 3 is 2.65 bits per heavy atom. The van der Waals surface area contributed by atoms with Gasteiger partial charge in [-0.3, -0.25) is 4.79 Å². The van der Waals surface area contributed by atoms with Crippen LogP contribution in [0.3, 0.4) is 0 Å². The minimum Gasteiger partial charge on any atom is -0.355 e. The summed E-state index contributed by atoms with van der Waals surface area (Å²) in [5, 5.41) is 4.89. The Morgan fingerprint density at radius 1 is 1.10 bits per heavy atom. The standard InChI is InChI=1S/C23H26FN5O2/c1-15-8-11-28(12-9-15)23(30)17-3-2-10-29(13-17)21-19-20(16-4-6-18(24)7-5-16)27-31-22(19)26-14-25-21/h4-7,14-15,17H,2-3,8-13H2,1H3/t17-/m0/s1. The number of carbonyl (C=O) groups excluding carboxylic acids is 1. The molecule has 1 atom stereocenters. The van der Waals surface area contributed by atoms with Gasteiger partial charge in [-0.25, -0.2) is 9.37 Å². The van der Waals surface area contributed by atoms with Gasteiger partial charge in [-0.1, -0.05) is 12.1 Å². The van der Waals surface area contributed by atoms with E-state index in [4.69, 9.17) is 4.52 Å². The zero-order valence-corrected chi connectivity index (χ0v) is 17.6.